The zero-order chi connectivity index (χ0) is 15.4. The second-order valence-corrected chi connectivity index (χ2v) is 4.56. The van der Waals surface area contributed by atoms with Crippen molar-refractivity contribution in [3.05, 3.63) is 39.0 Å². The van der Waals surface area contributed by atoms with Gasteiger partial charge in [0.25, 0.3) is 5.69 Å². The highest BCUT2D eigenvalue weighted by atomic mass is 79.9. The number of ether oxygens (including phenoxy) is 3. The number of methoxy groups -OCH3 is 2. The van der Waals surface area contributed by atoms with Crippen molar-refractivity contribution in [2.45, 2.75) is 0 Å². The van der Waals surface area contributed by atoms with E-state index >= 15 is 0 Å². The maximum Gasteiger partial charge on any atom is 0.325 e. The van der Waals surface area contributed by atoms with Gasteiger partial charge in [0.2, 0.25) is 5.88 Å². The molecule has 0 fully saturated rings. The lowest BCUT2D eigenvalue weighted by atomic mass is 10.3. The van der Waals surface area contributed by atoms with Crippen LogP contribution in [0.15, 0.2) is 28.9 Å². The number of benzene rings is 1. The van der Waals surface area contributed by atoms with Gasteiger partial charge in [-0.3, -0.25) is 10.1 Å². The number of halogens is 1. The van der Waals surface area contributed by atoms with E-state index in [1.807, 2.05) is 0 Å². The topological polar surface area (TPSA) is 96.6 Å². The number of non-ortho nitro benzene ring substituents is 1. The summed E-state index contributed by atoms with van der Waals surface area (Å²) >= 11 is 3.22. The van der Waals surface area contributed by atoms with Gasteiger partial charge in [0.05, 0.1) is 35.9 Å². The van der Waals surface area contributed by atoms with Crippen LogP contribution in [0.1, 0.15) is 0 Å². The van der Waals surface area contributed by atoms with Crippen molar-refractivity contribution in [2.75, 3.05) is 14.2 Å². The van der Waals surface area contributed by atoms with Crippen molar-refractivity contribution < 1.29 is 19.1 Å². The molecule has 0 radical (unpaired) electrons. The standard InChI is InChI=1S/C12H10BrN3O5/c1-19-9-4-3-7(16(17)18)5-10(9)21-12-14-6-8(13)11(15-12)20-2/h3-6H,1-2H3. The molecular weight excluding hydrogens is 346 g/mol. The maximum atomic E-state index is 10.8. The zero-order valence-electron chi connectivity index (χ0n) is 11.1. The molecule has 0 saturated heterocycles. The fourth-order valence-electron chi connectivity index (χ4n) is 1.49. The molecule has 0 atom stereocenters. The first-order valence-corrected chi connectivity index (χ1v) is 6.41. The van der Waals surface area contributed by atoms with Gasteiger partial charge < -0.3 is 14.2 Å². The minimum Gasteiger partial charge on any atom is -0.493 e. The first-order chi connectivity index (χ1) is 10.0. The number of nitro benzene ring substituents is 1. The predicted octanol–water partition coefficient (Wildman–Crippen LogP) is 2.96. The molecule has 0 bridgehead atoms. The largest absolute Gasteiger partial charge is 0.493 e. The fourth-order valence-corrected chi connectivity index (χ4v) is 1.84. The van der Waals surface area contributed by atoms with Crippen LogP contribution in [0, 0.1) is 10.1 Å². The normalized spacial score (nSPS) is 10.0. The Hall–Kier alpha value is -2.42. The van der Waals surface area contributed by atoms with Crippen LogP contribution in [0.2, 0.25) is 0 Å². The molecule has 0 N–H and O–H groups in total. The summed E-state index contributed by atoms with van der Waals surface area (Å²) in [4.78, 5) is 18.2. The quantitative estimate of drug-likeness (QED) is 0.600. The van der Waals surface area contributed by atoms with Gasteiger partial charge in [-0.05, 0) is 22.0 Å². The van der Waals surface area contributed by atoms with E-state index in [2.05, 4.69) is 25.9 Å². The summed E-state index contributed by atoms with van der Waals surface area (Å²) < 4.78 is 16.1. The molecule has 0 saturated carbocycles. The Balaban J connectivity index is 2.37. The molecule has 0 aliphatic carbocycles. The van der Waals surface area contributed by atoms with E-state index in [0.717, 1.165) is 0 Å². The lowest BCUT2D eigenvalue weighted by Gasteiger charge is -2.09. The van der Waals surface area contributed by atoms with Crippen LogP contribution < -0.4 is 14.2 Å². The van der Waals surface area contributed by atoms with Gasteiger partial charge in [-0.25, -0.2) is 4.98 Å². The maximum absolute atomic E-state index is 10.8. The summed E-state index contributed by atoms with van der Waals surface area (Å²) in [6, 6.07) is 3.96. The second kappa shape index (κ2) is 6.35. The molecule has 0 spiro atoms. The van der Waals surface area contributed by atoms with Crippen molar-refractivity contribution >= 4 is 21.6 Å². The molecule has 2 aromatic rings. The Labute approximate surface area is 128 Å². The molecular formula is C12H10BrN3O5. The number of aromatic nitrogens is 2. The number of nitrogens with zero attached hydrogens (tertiary/aromatic N) is 3. The molecule has 9 heteroatoms. The van der Waals surface area contributed by atoms with Gasteiger partial charge in [-0.15, -0.1) is 0 Å². The summed E-state index contributed by atoms with van der Waals surface area (Å²) in [7, 11) is 2.88. The SMILES string of the molecule is COc1ccc([N+](=O)[O-])cc1Oc1ncc(Br)c(OC)n1. The Morgan fingerprint density at radius 2 is 2.00 bits per heavy atom. The van der Waals surface area contributed by atoms with Crippen molar-refractivity contribution in [2.24, 2.45) is 0 Å². The molecule has 0 unspecified atom stereocenters. The van der Waals surface area contributed by atoms with E-state index < -0.39 is 4.92 Å². The Kier molecular flexibility index (Phi) is 4.53. The number of rotatable bonds is 5. The first-order valence-electron chi connectivity index (χ1n) is 5.62. The van der Waals surface area contributed by atoms with Crippen LogP contribution in [0.4, 0.5) is 5.69 Å². The molecule has 8 nitrogen and oxygen atoms in total. The van der Waals surface area contributed by atoms with Gasteiger partial charge in [-0.2, -0.15) is 4.98 Å². The molecule has 1 heterocycles. The molecule has 0 aliphatic rings. The van der Waals surface area contributed by atoms with Crippen LogP contribution in [0.3, 0.4) is 0 Å². The summed E-state index contributed by atoms with van der Waals surface area (Å²) in [5.41, 5.74) is -0.130. The van der Waals surface area contributed by atoms with Gasteiger partial charge in [-0.1, -0.05) is 0 Å². The smallest absolute Gasteiger partial charge is 0.325 e. The third-order valence-corrected chi connectivity index (χ3v) is 2.99. The Morgan fingerprint density at radius 1 is 1.24 bits per heavy atom. The first kappa shape index (κ1) is 15.0. The lowest BCUT2D eigenvalue weighted by Crippen LogP contribution is -1.98. The van der Waals surface area contributed by atoms with E-state index in [1.54, 1.807) is 0 Å². The van der Waals surface area contributed by atoms with Crippen molar-refractivity contribution in [1.82, 2.24) is 9.97 Å². The van der Waals surface area contributed by atoms with Crippen molar-refractivity contribution in [1.29, 1.82) is 0 Å². The third kappa shape index (κ3) is 3.37. The number of hydrogen-bond acceptors (Lipinski definition) is 7. The average Bonchev–Trinajstić information content (AvgIpc) is 2.49. The van der Waals surface area contributed by atoms with E-state index in [0.29, 0.717) is 10.2 Å². The van der Waals surface area contributed by atoms with Crippen molar-refractivity contribution in [3.63, 3.8) is 0 Å². The number of nitro groups is 1. The zero-order valence-corrected chi connectivity index (χ0v) is 12.7. The van der Waals surface area contributed by atoms with E-state index in [-0.39, 0.29) is 23.3 Å². The van der Waals surface area contributed by atoms with Crippen LogP contribution in [0.25, 0.3) is 0 Å². The average molecular weight is 356 g/mol. The Morgan fingerprint density at radius 3 is 2.62 bits per heavy atom. The van der Waals surface area contributed by atoms with E-state index in [4.69, 9.17) is 14.2 Å². The van der Waals surface area contributed by atoms with E-state index in [9.17, 15) is 10.1 Å². The number of hydrogen-bond donors (Lipinski definition) is 0. The Bertz CT molecular complexity index is 680. The molecule has 2 rings (SSSR count). The van der Waals surface area contributed by atoms with Gasteiger partial charge in [0.15, 0.2) is 11.5 Å². The highest BCUT2D eigenvalue weighted by Crippen LogP contribution is 2.34. The van der Waals surface area contributed by atoms with Crippen molar-refractivity contribution in [3.8, 4) is 23.4 Å². The third-order valence-electron chi connectivity index (χ3n) is 2.44. The van der Waals surface area contributed by atoms with Crippen LogP contribution in [-0.2, 0) is 0 Å². The van der Waals surface area contributed by atoms with Crippen LogP contribution in [0.5, 0.6) is 23.4 Å². The molecule has 1 aromatic carbocycles. The minimum absolute atomic E-state index is 0.0196. The van der Waals surface area contributed by atoms with Gasteiger partial charge >= 0.3 is 6.01 Å². The summed E-state index contributed by atoms with van der Waals surface area (Å²) in [5.74, 6) is 0.742. The summed E-state index contributed by atoms with van der Waals surface area (Å²) in [6.45, 7) is 0. The minimum atomic E-state index is -0.532. The predicted molar refractivity (Wildman–Crippen MR) is 76.0 cm³/mol. The highest BCUT2D eigenvalue weighted by Gasteiger charge is 2.15. The fraction of sp³-hybridized carbons (Fsp3) is 0.167. The molecule has 110 valence electrons. The molecule has 0 amide bonds. The summed E-state index contributed by atoms with van der Waals surface area (Å²) in [6.07, 6.45) is 1.45. The monoisotopic (exact) mass is 355 g/mol. The van der Waals surface area contributed by atoms with Crippen LogP contribution in [-0.4, -0.2) is 29.1 Å². The van der Waals surface area contributed by atoms with Gasteiger partial charge in [0.1, 0.15) is 0 Å². The molecule has 21 heavy (non-hydrogen) atoms. The lowest BCUT2D eigenvalue weighted by molar-refractivity contribution is -0.384. The molecule has 1 aromatic heterocycles. The second-order valence-electron chi connectivity index (χ2n) is 3.70. The van der Waals surface area contributed by atoms with E-state index in [1.165, 1.54) is 38.6 Å². The summed E-state index contributed by atoms with van der Waals surface area (Å²) in [5, 5.41) is 10.8. The highest BCUT2D eigenvalue weighted by molar-refractivity contribution is 9.10. The molecule has 0 aliphatic heterocycles. The van der Waals surface area contributed by atoms with Crippen LogP contribution >= 0.6 is 15.9 Å². The van der Waals surface area contributed by atoms with Gasteiger partial charge in [0, 0.05) is 6.07 Å².